The van der Waals surface area contributed by atoms with Crippen molar-refractivity contribution in [2.75, 3.05) is 5.32 Å². The van der Waals surface area contributed by atoms with Crippen molar-refractivity contribution in [3.63, 3.8) is 0 Å². The molecule has 0 saturated heterocycles. The van der Waals surface area contributed by atoms with E-state index in [0.29, 0.717) is 22.6 Å². The Labute approximate surface area is 153 Å². The number of carbonyl (C=O) groups excluding carboxylic acids is 2. The van der Waals surface area contributed by atoms with Crippen molar-refractivity contribution < 1.29 is 14.0 Å². The molecule has 0 unspecified atom stereocenters. The number of aromatic nitrogens is 2. The Balaban J connectivity index is 1.87. The first kappa shape index (κ1) is 17.7. The minimum absolute atomic E-state index is 0.0296. The number of hydrogen-bond acceptors (Lipinski definition) is 5. The van der Waals surface area contributed by atoms with E-state index in [1.807, 2.05) is 0 Å². The summed E-state index contributed by atoms with van der Waals surface area (Å²) < 4.78 is 18.0. The van der Waals surface area contributed by atoms with Crippen LogP contribution in [0, 0.1) is 5.82 Å². The number of benzene rings is 1. The summed E-state index contributed by atoms with van der Waals surface area (Å²) >= 11 is 0.950. The van der Waals surface area contributed by atoms with Crippen LogP contribution >= 0.6 is 11.5 Å². The molecule has 2 aromatic heterocycles. The summed E-state index contributed by atoms with van der Waals surface area (Å²) in [5, 5.41) is 5.30. The van der Waals surface area contributed by atoms with E-state index < -0.39 is 11.7 Å². The van der Waals surface area contributed by atoms with Crippen molar-refractivity contribution in [3.8, 4) is 11.4 Å². The van der Waals surface area contributed by atoms with Crippen LogP contribution in [-0.4, -0.2) is 21.2 Å². The number of anilines is 1. The van der Waals surface area contributed by atoms with Crippen LogP contribution in [0.3, 0.4) is 0 Å². The summed E-state index contributed by atoms with van der Waals surface area (Å²) in [7, 11) is 0. The van der Waals surface area contributed by atoms with E-state index >= 15 is 0 Å². The third-order valence-corrected chi connectivity index (χ3v) is 4.35. The third-order valence-electron chi connectivity index (χ3n) is 3.50. The number of nitrogens with zero attached hydrogens (tertiary/aromatic N) is 2. The molecule has 0 bridgehead atoms. The van der Waals surface area contributed by atoms with Crippen molar-refractivity contribution in [1.29, 1.82) is 0 Å². The van der Waals surface area contributed by atoms with Crippen molar-refractivity contribution in [2.45, 2.75) is 13.5 Å². The largest absolute Gasteiger partial charge is 0.347 e. The predicted molar refractivity (Wildman–Crippen MR) is 97.2 cm³/mol. The zero-order valence-electron chi connectivity index (χ0n) is 13.8. The minimum Gasteiger partial charge on any atom is -0.347 e. The molecule has 0 fully saturated rings. The number of carbonyl (C=O) groups is 2. The van der Waals surface area contributed by atoms with Gasteiger partial charge in [-0.3, -0.25) is 14.6 Å². The number of halogens is 1. The molecule has 1 aromatic carbocycles. The number of rotatable bonds is 5. The molecule has 26 heavy (non-hydrogen) atoms. The quantitative estimate of drug-likeness (QED) is 0.722. The molecule has 6 nitrogen and oxygen atoms in total. The molecule has 2 N–H and O–H groups in total. The van der Waals surface area contributed by atoms with Crippen LogP contribution in [-0.2, 0) is 11.3 Å². The second kappa shape index (κ2) is 7.83. The average molecular weight is 370 g/mol. The molecule has 2 heterocycles. The van der Waals surface area contributed by atoms with Crippen LogP contribution < -0.4 is 10.6 Å². The molecule has 3 rings (SSSR count). The maximum Gasteiger partial charge on any atom is 0.265 e. The van der Waals surface area contributed by atoms with Crippen LogP contribution in [0.4, 0.5) is 10.1 Å². The first-order valence-corrected chi connectivity index (χ1v) is 8.54. The van der Waals surface area contributed by atoms with Crippen LogP contribution in [0.15, 0.2) is 48.7 Å². The predicted octanol–water partition coefficient (Wildman–Crippen LogP) is 3.23. The van der Waals surface area contributed by atoms with Gasteiger partial charge in [0.05, 0.1) is 11.4 Å². The number of amides is 2. The van der Waals surface area contributed by atoms with Crippen LogP contribution in [0.25, 0.3) is 11.4 Å². The normalized spacial score (nSPS) is 10.4. The van der Waals surface area contributed by atoms with Gasteiger partial charge in [0.1, 0.15) is 16.4 Å². The van der Waals surface area contributed by atoms with Gasteiger partial charge in [0, 0.05) is 25.2 Å². The zero-order valence-corrected chi connectivity index (χ0v) is 14.6. The van der Waals surface area contributed by atoms with E-state index in [4.69, 9.17) is 0 Å². The maximum absolute atomic E-state index is 13.7. The SMILES string of the molecule is CC(=O)Nc1c(-c2ccccn2)nsc1C(=O)NCc1ccccc1F. The summed E-state index contributed by atoms with van der Waals surface area (Å²) in [6.45, 7) is 1.38. The molecular formula is C18H15FN4O2S. The van der Waals surface area contributed by atoms with Gasteiger partial charge < -0.3 is 10.6 Å². The van der Waals surface area contributed by atoms with E-state index in [-0.39, 0.29) is 17.3 Å². The van der Waals surface area contributed by atoms with Gasteiger partial charge in [0.2, 0.25) is 5.91 Å². The topological polar surface area (TPSA) is 84.0 Å². The van der Waals surface area contributed by atoms with Crippen molar-refractivity contribution in [2.24, 2.45) is 0 Å². The maximum atomic E-state index is 13.7. The molecule has 0 aliphatic heterocycles. The second-order valence-electron chi connectivity index (χ2n) is 5.41. The smallest absolute Gasteiger partial charge is 0.265 e. The molecule has 0 aliphatic carbocycles. The van der Waals surface area contributed by atoms with E-state index in [1.165, 1.54) is 13.0 Å². The fourth-order valence-corrected chi connectivity index (χ4v) is 3.07. The molecule has 0 atom stereocenters. The zero-order chi connectivity index (χ0) is 18.5. The first-order chi connectivity index (χ1) is 12.6. The van der Waals surface area contributed by atoms with E-state index in [1.54, 1.807) is 42.6 Å². The lowest BCUT2D eigenvalue weighted by atomic mass is 10.2. The van der Waals surface area contributed by atoms with Gasteiger partial charge in [-0.15, -0.1) is 0 Å². The standard InChI is InChI=1S/C18H15FN4O2S/c1-11(24)22-16-15(14-8-4-5-9-20-14)23-26-17(16)18(25)21-10-12-6-2-3-7-13(12)19/h2-9H,10H2,1H3,(H,21,25)(H,22,24). The highest BCUT2D eigenvalue weighted by Gasteiger charge is 2.22. The van der Waals surface area contributed by atoms with Gasteiger partial charge in [-0.1, -0.05) is 24.3 Å². The number of pyridine rings is 1. The fourth-order valence-electron chi connectivity index (χ4n) is 2.31. The molecule has 132 valence electrons. The van der Waals surface area contributed by atoms with Gasteiger partial charge in [-0.25, -0.2) is 4.39 Å². The summed E-state index contributed by atoms with van der Waals surface area (Å²) in [5.74, 6) is -1.17. The molecule has 0 aliphatic rings. The third kappa shape index (κ3) is 3.92. The Bertz CT molecular complexity index is 943. The van der Waals surface area contributed by atoms with Crippen LogP contribution in [0.5, 0.6) is 0 Å². The van der Waals surface area contributed by atoms with Crippen molar-refractivity contribution in [3.05, 3.63) is 64.9 Å². The Hall–Kier alpha value is -3.13. The molecule has 8 heteroatoms. The highest BCUT2D eigenvalue weighted by molar-refractivity contribution is 7.09. The lowest BCUT2D eigenvalue weighted by Crippen LogP contribution is -2.24. The van der Waals surface area contributed by atoms with Gasteiger partial charge in [0.15, 0.2) is 0 Å². The van der Waals surface area contributed by atoms with Crippen molar-refractivity contribution in [1.82, 2.24) is 14.7 Å². The van der Waals surface area contributed by atoms with Gasteiger partial charge in [0.25, 0.3) is 5.91 Å². The van der Waals surface area contributed by atoms with Crippen molar-refractivity contribution >= 4 is 29.0 Å². The van der Waals surface area contributed by atoms with Gasteiger partial charge >= 0.3 is 0 Å². The van der Waals surface area contributed by atoms with Crippen LogP contribution in [0.2, 0.25) is 0 Å². The number of hydrogen-bond donors (Lipinski definition) is 2. The highest BCUT2D eigenvalue weighted by Crippen LogP contribution is 2.32. The Morgan fingerprint density at radius 1 is 1.15 bits per heavy atom. The summed E-state index contributed by atoms with van der Waals surface area (Å²) in [4.78, 5) is 28.5. The van der Waals surface area contributed by atoms with E-state index in [2.05, 4.69) is 20.0 Å². The molecule has 3 aromatic rings. The lowest BCUT2D eigenvalue weighted by molar-refractivity contribution is -0.114. The van der Waals surface area contributed by atoms with Crippen LogP contribution in [0.1, 0.15) is 22.2 Å². The van der Waals surface area contributed by atoms with E-state index in [9.17, 15) is 14.0 Å². The summed E-state index contributed by atoms with van der Waals surface area (Å²) in [6, 6.07) is 11.5. The Morgan fingerprint density at radius 3 is 2.62 bits per heavy atom. The first-order valence-electron chi connectivity index (χ1n) is 7.76. The molecular weight excluding hydrogens is 355 g/mol. The monoisotopic (exact) mass is 370 g/mol. The Morgan fingerprint density at radius 2 is 1.92 bits per heavy atom. The van der Waals surface area contributed by atoms with E-state index in [0.717, 1.165) is 11.5 Å². The Kier molecular flexibility index (Phi) is 5.33. The molecule has 0 saturated carbocycles. The molecule has 0 radical (unpaired) electrons. The second-order valence-corrected chi connectivity index (χ2v) is 6.18. The average Bonchev–Trinajstić information content (AvgIpc) is 3.04. The highest BCUT2D eigenvalue weighted by atomic mass is 32.1. The summed E-state index contributed by atoms with van der Waals surface area (Å²) in [6.07, 6.45) is 1.60. The molecule has 0 spiro atoms. The number of nitrogens with one attached hydrogen (secondary N) is 2. The summed E-state index contributed by atoms with van der Waals surface area (Å²) in [5.41, 5.74) is 1.63. The molecule has 2 amide bonds. The fraction of sp³-hybridized carbons (Fsp3) is 0.111. The lowest BCUT2D eigenvalue weighted by Gasteiger charge is -2.08. The van der Waals surface area contributed by atoms with Gasteiger partial charge in [-0.05, 0) is 29.7 Å². The van der Waals surface area contributed by atoms with Gasteiger partial charge in [-0.2, -0.15) is 4.37 Å². The minimum atomic E-state index is -0.448.